The van der Waals surface area contributed by atoms with Gasteiger partial charge in [0.25, 0.3) is 0 Å². The van der Waals surface area contributed by atoms with E-state index in [9.17, 15) is 10.0 Å². The molecule has 0 heterocycles. The topological polar surface area (TPSA) is 40.5 Å². The first-order valence-corrected chi connectivity index (χ1v) is 10.2. The Morgan fingerprint density at radius 3 is 1.76 bits per heavy atom. The molecule has 2 N–H and O–H groups in total. The van der Waals surface area contributed by atoms with Crippen LogP contribution >= 0.6 is 0 Å². The van der Waals surface area contributed by atoms with E-state index in [-0.39, 0.29) is 11.7 Å². The summed E-state index contributed by atoms with van der Waals surface area (Å²) >= 11 is 0. The van der Waals surface area contributed by atoms with Gasteiger partial charge in [0.15, 0.2) is 0 Å². The van der Waals surface area contributed by atoms with Gasteiger partial charge in [-0.15, -0.1) is 0 Å². The lowest BCUT2D eigenvalue weighted by Crippen LogP contribution is -2.37. The molecule has 0 radical (unpaired) electrons. The molecule has 3 aliphatic rings. The molecule has 0 amide bonds. The molecule has 1 spiro atoms. The molecule has 2 atom stereocenters. The Morgan fingerprint density at radius 1 is 0.724 bits per heavy atom. The lowest BCUT2D eigenvalue weighted by atomic mass is 9.53. The summed E-state index contributed by atoms with van der Waals surface area (Å²) in [6, 6.07) is 25.7. The quantitative estimate of drug-likeness (QED) is 0.598. The number of rotatable bonds is 1. The maximum atomic E-state index is 10.5. The van der Waals surface area contributed by atoms with E-state index in [1.54, 1.807) is 0 Å². The van der Waals surface area contributed by atoms with Gasteiger partial charge in [-0.2, -0.15) is 0 Å². The maximum Gasteiger partial charge on any atom is 0.459 e. The molecule has 3 heteroatoms. The van der Waals surface area contributed by atoms with E-state index in [2.05, 4.69) is 91.9 Å². The monoisotopic (exact) mass is 376 g/mol. The predicted octanol–water partition coefficient (Wildman–Crippen LogP) is 4.82. The Hall–Kier alpha value is -2.88. The van der Waals surface area contributed by atoms with Crippen molar-refractivity contribution in [1.29, 1.82) is 0 Å². The molecule has 140 valence electrons. The molecule has 0 fully saturated rings. The molecule has 0 aliphatic heterocycles. The minimum absolute atomic E-state index is 0.0415. The lowest BCUT2D eigenvalue weighted by Gasteiger charge is -2.39. The Kier molecular flexibility index (Phi) is 3.42. The Morgan fingerprint density at radius 2 is 1.21 bits per heavy atom. The first kappa shape index (κ1) is 17.0. The summed E-state index contributed by atoms with van der Waals surface area (Å²) in [5.74, 6) is -0.318. The molecule has 0 aromatic heterocycles. The van der Waals surface area contributed by atoms with Gasteiger partial charge in [0.2, 0.25) is 0 Å². The molecule has 3 aromatic rings. The van der Waals surface area contributed by atoms with Crippen LogP contribution in [0.25, 0.3) is 16.7 Å². The van der Waals surface area contributed by atoms with E-state index >= 15 is 0 Å². The predicted molar refractivity (Wildman–Crippen MR) is 117 cm³/mol. The van der Waals surface area contributed by atoms with Crippen molar-refractivity contribution in [2.24, 2.45) is 5.92 Å². The van der Waals surface area contributed by atoms with E-state index in [0.717, 1.165) is 11.1 Å². The van der Waals surface area contributed by atoms with Crippen LogP contribution in [0.5, 0.6) is 0 Å². The Labute approximate surface area is 171 Å². The molecule has 0 saturated carbocycles. The lowest BCUT2D eigenvalue weighted by molar-refractivity contribution is 0.373. The third kappa shape index (κ3) is 1.94. The third-order valence-electron chi connectivity index (χ3n) is 7.06. The average Bonchev–Trinajstić information content (AvgIpc) is 3.21. The summed E-state index contributed by atoms with van der Waals surface area (Å²) in [6.07, 6.45) is 4.31. The van der Waals surface area contributed by atoms with Crippen LogP contribution in [-0.4, -0.2) is 17.2 Å². The van der Waals surface area contributed by atoms with Gasteiger partial charge in [-0.3, -0.25) is 0 Å². The van der Waals surface area contributed by atoms with Gasteiger partial charge in [0.05, 0.1) is 5.41 Å². The molecule has 29 heavy (non-hydrogen) atoms. The summed E-state index contributed by atoms with van der Waals surface area (Å²) < 4.78 is 0. The van der Waals surface area contributed by atoms with Crippen molar-refractivity contribution in [2.75, 3.05) is 0 Å². The van der Waals surface area contributed by atoms with Crippen LogP contribution < -0.4 is 0 Å². The highest BCUT2D eigenvalue weighted by atomic mass is 16.4. The van der Waals surface area contributed by atoms with Crippen LogP contribution in [0.15, 0.2) is 90.5 Å². The molecule has 2 unspecified atom stereocenters. The summed E-state index contributed by atoms with van der Waals surface area (Å²) in [5.41, 5.74) is 9.18. The maximum absolute atomic E-state index is 10.5. The van der Waals surface area contributed by atoms with Gasteiger partial charge in [-0.25, -0.2) is 0 Å². The molecule has 6 rings (SSSR count). The summed E-state index contributed by atoms with van der Waals surface area (Å²) in [5, 5.41) is 21.0. The van der Waals surface area contributed by atoms with Crippen molar-refractivity contribution >= 4 is 12.7 Å². The van der Waals surface area contributed by atoms with Gasteiger partial charge in [0.1, 0.15) is 0 Å². The van der Waals surface area contributed by atoms with Crippen molar-refractivity contribution < 1.29 is 10.0 Å². The highest BCUT2D eigenvalue weighted by Gasteiger charge is 2.57. The van der Waals surface area contributed by atoms with Crippen LogP contribution in [-0.2, 0) is 5.41 Å². The van der Waals surface area contributed by atoms with Gasteiger partial charge in [-0.1, -0.05) is 91.9 Å². The molecule has 3 aromatic carbocycles. The fourth-order valence-corrected chi connectivity index (χ4v) is 6.01. The second kappa shape index (κ2) is 5.82. The van der Waals surface area contributed by atoms with Crippen LogP contribution in [0, 0.1) is 5.92 Å². The molecular weight excluding hydrogens is 355 g/mol. The number of hydrogen-bond acceptors (Lipinski definition) is 2. The van der Waals surface area contributed by atoms with Gasteiger partial charge < -0.3 is 10.0 Å². The molecular formula is C26H21BO2. The number of allylic oxidation sites excluding steroid dienone is 4. The van der Waals surface area contributed by atoms with E-state index in [1.807, 2.05) is 0 Å². The normalized spacial score (nSPS) is 22.3. The van der Waals surface area contributed by atoms with Crippen LogP contribution in [0.1, 0.15) is 29.2 Å². The second-order valence-corrected chi connectivity index (χ2v) is 8.37. The smallest absolute Gasteiger partial charge is 0.427 e. The highest BCUT2D eigenvalue weighted by Crippen LogP contribution is 2.66. The van der Waals surface area contributed by atoms with Gasteiger partial charge in [0, 0.05) is 5.82 Å². The number of benzene rings is 3. The zero-order valence-electron chi connectivity index (χ0n) is 16.2. The Balaban J connectivity index is 1.82. The zero-order chi connectivity index (χ0) is 19.8. The molecule has 2 nitrogen and oxygen atoms in total. The van der Waals surface area contributed by atoms with Gasteiger partial charge >= 0.3 is 7.12 Å². The minimum Gasteiger partial charge on any atom is -0.427 e. The van der Waals surface area contributed by atoms with Crippen LogP contribution in [0.2, 0.25) is 5.82 Å². The summed E-state index contributed by atoms with van der Waals surface area (Å²) in [4.78, 5) is 0. The first-order valence-electron chi connectivity index (χ1n) is 10.2. The fraction of sp³-hybridized carbons (Fsp3) is 0.154. The second-order valence-electron chi connectivity index (χ2n) is 8.37. The Bertz CT molecular complexity index is 1180. The van der Waals surface area contributed by atoms with Crippen molar-refractivity contribution in [2.45, 2.75) is 18.2 Å². The first-order chi connectivity index (χ1) is 14.2. The van der Waals surface area contributed by atoms with E-state index in [0.29, 0.717) is 0 Å². The zero-order valence-corrected chi connectivity index (χ0v) is 16.2. The van der Waals surface area contributed by atoms with Crippen LogP contribution in [0.4, 0.5) is 0 Å². The average molecular weight is 376 g/mol. The molecule has 0 bridgehead atoms. The molecule has 3 aliphatic carbocycles. The number of hydrogen-bond donors (Lipinski definition) is 2. The summed E-state index contributed by atoms with van der Waals surface area (Å²) in [7, 11) is -1.41. The fourth-order valence-electron chi connectivity index (χ4n) is 6.01. The summed E-state index contributed by atoms with van der Waals surface area (Å²) in [6.45, 7) is 2.08. The third-order valence-corrected chi connectivity index (χ3v) is 7.06. The van der Waals surface area contributed by atoms with Crippen molar-refractivity contribution in [3.8, 4) is 11.1 Å². The van der Waals surface area contributed by atoms with E-state index in [1.165, 1.54) is 33.4 Å². The number of fused-ring (bicyclic) bond motifs is 9. The van der Waals surface area contributed by atoms with Crippen molar-refractivity contribution in [3.05, 3.63) is 113 Å². The highest BCUT2D eigenvalue weighted by molar-refractivity contribution is 6.45. The molecule has 0 saturated heterocycles. The van der Waals surface area contributed by atoms with Gasteiger partial charge in [-0.05, 0) is 50.4 Å². The minimum atomic E-state index is -1.41. The SMILES string of the molecule is CC1C=CC2=C(C1B(O)O)C1(c3ccccc32)c2ccccc2-c2ccccc21. The van der Waals surface area contributed by atoms with Crippen molar-refractivity contribution in [1.82, 2.24) is 0 Å². The van der Waals surface area contributed by atoms with E-state index in [4.69, 9.17) is 0 Å². The largest absolute Gasteiger partial charge is 0.459 e. The van der Waals surface area contributed by atoms with Crippen LogP contribution in [0.3, 0.4) is 0 Å². The van der Waals surface area contributed by atoms with Crippen molar-refractivity contribution in [3.63, 3.8) is 0 Å². The van der Waals surface area contributed by atoms with E-state index < -0.39 is 12.5 Å². The standard InChI is InChI=1S/C26H21BO2/c1-16-14-15-20-19-10-4-7-13-23(19)26(24(20)25(16)27(28)29)21-11-5-2-8-17(21)18-9-3-6-12-22(18)26/h2-16,25,28-29H,1H3.